The van der Waals surface area contributed by atoms with Crippen LogP contribution in [0.15, 0.2) is 0 Å². The van der Waals surface area contributed by atoms with Crippen LogP contribution in [0.2, 0.25) is 0 Å². The molecule has 0 aromatic heterocycles. The molecule has 1 aliphatic rings. The fraction of sp³-hybridized carbons (Fsp3) is 0.818. The molecule has 0 bridgehead atoms. The van der Waals surface area contributed by atoms with Crippen LogP contribution in [-0.4, -0.2) is 58.0 Å². The average Bonchev–Trinajstić information content (AvgIpc) is 2.26. The largest absolute Gasteiger partial charge is 0.444 e. The second-order valence-corrected chi connectivity index (χ2v) is 5.74. The lowest BCUT2D eigenvalue weighted by Gasteiger charge is -2.35. The molecule has 0 aliphatic carbocycles. The number of nitrogens with zero attached hydrogens (tertiary/aromatic N) is 2. The summed E-state index contributed by atoms with van der Waals surface area (Å²) in [6.07, 6.45) is -0.293. The van der Waals surface area contributed by atoms with Gasteiger partial charge < -0.3 is 14.5 Å². The van der Waals surface area contributed by atoms with Gasteiger partial charge in [0.15, 0.2) is 0 Å². The van der Waals surface area contributed by atoms with E-state index in [1.807, 2.05) is 20.8 Å². The summed E-state index contributed by atoms with van der Waals surface area (Å²) in [5.41, 5.74) is -0.466. The highest BCUT2D eigenvalue weighted by Crippen LogP contribution is 2.12. The van der Waals surface area contributed by atoms with Crippen LogP contribution in [0.5, 0.6) is 0 Å². The number of amides is 2. The normalized spacial score (nSPS) is 16.9. The Morgan fingerprint density at radius 3 is 2.00 bits per heavy atom. The van der Waals surface area contributed by atoms with E-state index in [0.29, 0.717) is 30.6 Å². The standard InChI is InChI=1S/C11H19IN2O3/c1-11(2,3)17-10(16)14-6-4-13(5-7-14)9(15)8-12/h4-8H2,1-3H3. The maximum absolute atomic E-state index is 11.8. The molecule has 6 heteroatoms. The summed E-state index contributed by atoms with van der Waals surface area (Å²) in [5, 5.41) is 0. The van der Waals surface area contributed by atoms with Gasteiger partial charge in [-0.15, -0.1) is 0 Å². The van der Waals surface area contributed by atoms with E-state index >= 15 is 0 Å². The minimum atomic E-state index is -0.466. The van der Waals surface area contributed by atoms with Crippen LogP contribution < -0.4 is 0 Å². The molecule has 98 valence electrons. The SMILES string of the molecule is CC(C)(C)OC(=O)N1CCN(C(=O)CI)CC1. The molecule has 17 heavy (non-hydrogen) atoms. The zero-order chi connectivity index (χ0) is 13.1. The Balaban J connectivity index is 2.42. The van der Waals surface area contributed by atoms with E-state index in [1.165, 1.54) is 0 Å². The van der Waals surface area contributed by atoms with Crippen LogP contribution in [0, 0.1) is 0 Å². The minimum Gasteiger partial charge on any atom is -0.444 e. The summed E-state index contributed by atoms with van der Waals surface area (Å²) in [6, 6.07) is 0. The van der Waals surface area contributed by atoms with E-state index < -0.39 is 5.60 Å². The Morgan fingerprint density at radius 2 is 1.59 bits per heavy atom. The fourth-order valence-corrected chi connectivity index (χ4v) is 2.03. The lowest BCUT2D eigenvalue weighted by molar-refractivity contribution is -0.129. The first-order chi connectivity index (χ1) is 7.83. The lowest BCUT2D eigenvalue weighted by atomic mass is 10.2. The van der Waals surface area contributed by atoms with Crippen LogP contribution in [0.3, 0.4) is 0 Å². The van der Waals surface area contributed by atoms with Gasteiger partial charge in [0.2, 0.25) is 5.91 Å². The molecule has 0 N–H and O–H groups in total. The Morgan fingerprint density at radius 1 is 1.12 bits per heavy atom. The average molecular weight is 354 g/mol. The van der Waals surface area contributed by atoms with Crippen molar-refractivity contribution in [3.8, 4) is 0 Å². The van der Waals surface area contributed by atoms with Crippen LogP contribution in [0.25, 0.3) is 0 Å². The smallest absolute Gasteiger partial charge is 0.410 e. The van der Waals surface area contributed by atoms with Crippen molar-refractivity contribution in [1.29, 1.82) is 0 Å². The van der Waals surface area contributed by atoms with Crippen molar-refractivity contribution < 1.29 is 14.3 Å². The summed E-state index contributed by atoms with van der Waals surface area (Å²) in [5.74, 6) is 0.134. The Kier molecular flexibility index (Phi) is 5.03. The van der Waals surface area contributed by atoms with Crippen LogP contribution in [0.4, 0.5) is 4.79 Å². The molecule has 5 nitrogen and oxygen atoms in total. The van der Waals surface area contributed by atoms with Gasteiger partial charge in [0.1, 0.15) is 5.60 Å². The third-order valence-corrected chi connectivity index (χ3v) is 3.05. The molecule has 0 aromatic carbocycles. The molecule has 1 heterocycles. The molecule has 2 amide bonds. The molecule has 0 aromatic rings. The van der Waals surface area contributed by atoms with Gasteiger partial charge in [-0.3, -0.25) is 4.79 Å². The number of halogens is 1. The van der Waals surface area contributed by atoms with Crippen molar-refractivity contribution >= 4 is 34.6 Å². The monoisotopic (exact) mass is 354 g/mol. The predicted molar refractivity (Wildman–Crippen MR) is 73.3 cm³/mol. The molecular weight excluding hydrogens is 335 g/mol. The Labute approximate surface area is 116 Å². The zero-order valence-corrected chi connectivity index (χ0v) is 12.7. The van der Waals surface area contributed by atoms with Gasteiger partial charge in [0, 0.05) is 26.2 Å². The summed E-state index contributed by atoms with van der Waals surface area (Å²) in [4.78, 5) is 26.7. The van der Waals surface area contributed by atoms with Crippen molar-refractivity contribution in [2.45, 2.75) is 26.4 Å². The highest BCUT2D eigenvalue weighted by molar-refractivity contribution is 14.1. The Bertz CT molecular complexity index is 294. The summed E-state index contributed by atoms with van der Waals surface area (Å²) in [7, 11) is 0. The molecule has 1 saturated heterocycles. The number of piperazine rings is 1. The van der Waals surface area contributed by atoms with Crippen molar-refractivity contribution in [3.63, 3.8) is 0 Å². The maximum Gasteiger partial charge on any atom is 0.410 e. The van der Waals surface area contributed by atoms with E-state index in [-0.39, 0.29) is 12.0 Å². The highest BCUT2D eigenvalue weighted by Gasteiger charge is 2.27. The van der Waals surface area contributed by atoms with E-state index in [4.69, 9.17) is 4.74 Å². The molecular formula is C11H19IN2O3. The van der Waals surface area contributed by atoms with Gasteiger partial charge in [-0.25, -0.2) is 4.79 Å². The molecule has 1 fully saturated rings. The number of hydrogen-bond acceptors (Lipinski definition) is 3. The predicted octanol–water partition coefficient (Wildman–Crippen LogP) is 1.50. The minimum absolute atomic E-state index is 0.134. The Hall–Kier alpha value is -0.530. The van der Waals surface area contributed by atoms with Gasteiger partial charge in [-0.05, 0) is 20.8 Å². The van der Waals surface area contributed by atoms with Gasteiger partial charge in [0.05, 0.1) is 4.43 Å². The van der Waals surface area contributed by atoms with Gasteiger partial charge >= 0.3 is 6.09 Å². The van der Waals surface area contributed by atoms with Gasteiger partial charge in [0.25, 0.3) is 0 Å². The summed E-state index contributed by atoms with van der Waals surface area (Å²) in [6.45, 7) is 7.85. The van der Waals surface area contributed by atoms with E-state index in [0.717, 1.165) is 0 Å². The molecule has 1 aliphatic heterocycles. The summed E-state index contributed by atoms with van der Waals surface area (Å²) < 4.78 is 5.77. The molecule has 0 saturated carbocycles. The molecule has 0 unspecified atom stereocenters. The summed E-state index contributed by atoms with van der Waals surface area (Å²) >= 11 is 2.06. The van der Waals surface area contributed by atoms with Crippen LogP contribution in [0.1, 0.15) is 20.8 Å². The number of carbonyl (C=O) groups is 2. The molecule has 0 spiro atoms. The number of rotatable bonds is 1. The quantitative estimate of drug-likeness (QED) is 0.530. The van der Waals surface area contributed by atoms with Gasteiger partial charge in [-0.1, -0.05) is 22.6 Å². The van der Waals surface area contributed by atoms with E-state index in [2.05, 4.69) is 22.6 Å². The second kappa shape index (κ2) is 5.88. The third kappa shape index (κ3) is 4.69. The number of alkyl halides is 1. The molecule has 0 radical (unpaired) electrons. The van der Waals surface area contributed by atoms with E-state index in [1.54, 1.807) is 9.80 Å². The highest BCUT2D eigenvalue weighted by atomic mass is 127. The topological polar surface area (TPSA) is 49.9 Å². The first kappa shape index (κ1) is 14.5. The fourth-order valence-electron chi connectivity index (χ4n) is 1.55. The number of carbonyl (C=O) groups excluding carboxylic acids is 2. The third-order valence-electron chi connectivity index (χ3n) is 2.40. The van der Waals surface area contributed by atoms with Crippen molar-refractivity contribution in [2.24, 2.45) is 0 Å². The lowest BCUT2D eigenvalue weighted by Crippen LogP contribution is -2.51. The second-order valence-electron chi connectivity index (χ2n) is 4.98. The number of hydrogen-bond donors (Lipinski definition) is 0. The van der Waals surface area contributed by atoms with Crippen LogP contribution in [-0.2, 0) is 9.53 Å². The maximum atomic E-state index is 11.8. The first-order valence-corrected chi connectivity index (χ1v) is 7.18. The first-order valence-electron chi connectivity index (χ1n) is 5.65. The zero-order valence-electron chi connectivity index (χ0n) is 10.5. The van der Waals surface area contributed by atoms with Crippen LogP contribution >= 0.6 is 22.6 Å². The van der Waals surface area contributed by atoms with E-state index in [9.17, 15) is 9.59 Å². The van der Waals surface area contributed by atoms with Gasteiger partial charge in [-0.2, -0.15) is 0 Å². The van der Waals surface area contributed by atoms with Crippen molar-refractivity contribution in [1.82, 2.24) is 9.80 Å². The van der Waals surface area contributed by atoms with Crippen molar-refractivity contribution in [3.05, 3.63) is 0 Å². The van der Waals surface area contributed by atoms with Crippen molar-refractivity contribution in [2.75, 3.05) is 30.6 Å². The molecule has 0 atom stereocenters. The number of ether oxygens (including phenoxy) is 1. The molecule has 1 rings (SSSR count).